The van der Waals surface area contributed by atoms with Gasteiger partial charge < -0.3 is 10.2 Å². The molecule has 1 fully saturated rings. The Morgan fingerprint density at radius 1 is 1.22 bits per heavy atom. The van der Waals surface area contributed by atoms with Crippen molar-refractivity contribution in [1.29, 1.82) is 0 Å². The Hall–Kier alpha value is -1.42. The van der Waals surface area contributed by atoms with E-state index in [-0.39, 0.29) is 0 Å². The molecule has 0 spiro atoms. The van der Waals surface area contributed by atoms with E-state index in [1.165, 1.54) is 24.2 Å². The number of hydrogen-bond acceptors (Lipinski definition) is 2. The number of guanidine groups is 1. The SMILES string of the molecule is CN=C(NCCCCSC)N1CCC(=Cc2ccccc2)CC1. The lowest BCUT2D eigenvalue weighted by atomic mass is 10.0. The smallest absolute Gasteiger partial charge is 0.193 e. The number of nitrogens with one attached hydrogen (secondary N) is 1. The van der Waals surface area contributed by atoms with Gasteiger partial charge in [-0.25, -0.2) is 0 Å². The predicted molar refractivity (Wildman–Crippen MR) is 104 cm³/mol. The average Bonchev–Trinajstić information content (AvgIpc) is 2.60. The van der Waals surface area contributed by atoms with Crippen molar-refractivity contribution < 1.29 is 0 Å². The first-order valence-electron chi connectivity index (χ1n) is 8.52. The summed E-state index contributed by atoms with van der Waals surface area (Å²) in [5, 5.41) is 3.51. The maximum Gasteiger partial charge on any atom is 0.193 e. The number of thioether (sulfide) groups is 1. The molecule has 0 radical (unpaired) electrons. The molecule has 1 saturated heterocycles. The van der Waals surface area contributed by atoms with E-state index in [2.05, 4.69) is 57.9 Å². The molecule has 23 heavy (non-hydrogen) atoms. The third-order valence-corrected chi connectivity index (χ3v) is 4.84. The summed E-state index contributed by atoms with van der Waals surface area (Å²) in [5.74, 6) is 2.31. The number of unbranched alkanes of at least 4 members (excludes halogenated alkanes) is 1. The summed E-state index contributed by atoms with van der Waals surface area (Å²) in [6.07, 6.45) is 9.25. The highest BCUT2D eigenvalue weighted by Crippen LogP contribution is 2.19. The molecular formula is C19H29N3S. The zero-order valence-electron chi connectivity index (χ0n) is 14.4. The number of rotatable bonds is 6. The van der Waals surface area contributed by atoms with Crippen molar-refractivity contribution in [3.63, 3.8) is 0 Å². The van der Waals surface area contributed by atoms with Crippen molar-refractivity contribution in [3.8, 4) is 0 Å². The van der Waals surface area contributed by atoms with Gasteiger partial charge in [0.2, 0.25) is 0 Å². The van der Waals surface area contributed by atoms with Crippen molar-refractivity contribution >= 4 is 23.8 Å². The molecule has 0 unspecified atom stereocenters. The molecule has 1 aromatic rings. The second-order valence-corrected chi connectivity index (χ2v) is 6.86. The van der Waals surface area contributed by atoms with Crippen LogP contribution >= 0.6 is 11.8 Å². The van der Waals surface area contributed by atoms with Crippen LogP contribution in [0, 0.1) is 0 Å². The monoisotopic (exact) mass is 331 g/mol. The quantitative estimate of drug-likeness (QED) is 0.487. The van der Waals surface area contributed by atoms with Crippen LogP contribution in [0.3, 0.4) is 0 Å². The number of likely N-dealkylation sites (tertiary alicyclic amines) is 1. The van der Waals surface area contributed by atoms with Gasteiger partial charge in [0.05, 0.1) is 0 Å². The van der Waals surface area contributed by atoms with Crippen molar-refractivity contribution in [2.75, 3.05) is 38.7 Å². The van der Waals surface area contributed by atoms with Crippen LogP contribution in [0.25, 0.3) is 6.08 Å². The van der Waals surface area contributed by atoms with Gasteiger partial charge in [-0.1, -0.05) is 42.0 Å². The first-order chi connectivity index (χ1) is 11.3. The molecule has 3 nitrogen and oxygen atoms in total. The van der Waals surface area contributed by atoms with E-state index >= 15 is 0 Å². The molecule has 0 aromatic heterocycles. The molecule has 0 bridgehead atoms. The van der Waals surface area contributed by atoms with Crippen LogP contribution in [0.15, 0.2) is 40.9 Å². The molecule has 0 atom stereocenters. The second-order valence-electron chi connectivity index (χ2n) is 5.87. The molecule has 1 aromatic carbocycles. The minimum atomic E-state index is 1.02. The Morgan fingerprint density at radius 3 is 2.61 bits per heavy atom. The predicted octanol–water partition coefficient (Wildman–Crippen LogP) is 3.88. The van der Waals surface area contributed by atoms with Crippen molar-refractivity contribution in [3.05, 3.63) is 41.5 Å². The molecule has 4 heteroatoms. The summed E-state index contributed by atoms with van der Waals surface area (Å²) in [4.78, 5) is 6.83. The molecule has 0 saturated carbocycles. The normalized spacial score (nSPS) is 15.7. The van der Waals surface area contributed by atoms with E-state index in [9.17, 15) is 0 Å². The first-order valence-corrected chi connectivity index (χ1v) is 9.92. The molecule has 1 N–H and O–H groups in total. The van der Waals surface area contributed by atoms with E-state index in [1.807, 2.05) is 18.8 Å². The topological polar surface area (TPSA) is 27.6 Å². The molecular weight excluding hydrogens is 302 g/mol. The van der Waals surface area contributed by atoms with Gasteiger partial charge in [-0.05, 0) is 43.3 Å². The molecule has 1 aliphatic rings. The molecule has 2 rings (SSSR count). The summed E-state index contributed by atoms with van der Waals surface area (Å²) >= 11 is 1.92. The Bertz CT molecular complexity index is 501. The van der Waals surface area contributed by atoms with Crippen LogP contribution in [0.2, 0.25) is 0 Å². The lowest BCUT2D eigenvalue weighted by Crippen LogP contribution is -2.44. The second kappa shape index (κ2) is 10.4. The molecule has 0 aliphatic carbocycles. The zero-order chi connectivity index (χ0) is 16.3. The fourth-order valence-corrected chi connectivity index (χ4v) is 3.33. The maximum absolute atomic E-state index is 4.45. The van der Waals surface area contributed by atoms with Crippen LogP contribution in [0.5, 0.6) is 0 Å². The highest BCUT2D eigenvalue weighted by Gasteiger charge is 2.16. The molecule has 126 valence electrons. The van der Waals surface area contributed by atoms with Crippen molar-refractivity contribution in [1.82, 2.24) is 10.2 Å². The van der Waals surface area contributed by atoms with Gasteiger partial charge in [0.1, 0.15) is 0 Å². The summed E-state index contributed by atoms with van der Waals surface area (Å²) < 4.78 is 0. The molecule has 1 aliphatic heterocycles. The van der Waals surface area contributed by atoms with Crippen LogP contribution in [-0.2, 0) is 0 Å². The summed E-state index contributed by atoms with van der Waals surface area (Å²) in [7, 11) is 1.89. The highest BCUT2D eigenvalue weighted by atomic mass is 32.2. The standard InChI is InChI=1S/C19H29N3S/c1-20-19(21-12-6-7-15-23-2)22-13-10-18(11-14-22)16-17-8-4-3-5-9-17/h3-5,8-9,16H,6-7,10-15H2,1-2H3,(H,20,21). The third kappa shape index (κ3) is 6.30. The average molecular weight is 332 g/mol. The number of nitrogens with zero attached hydrogens (tertiary/aromatic N) is 2. The highest BCUT2D eigenvalue weighted by molar-refractivity contribution is 7.98. The van der Waals surface area contributed by atoms with E-state index in [4.69, 9.17) is 0 Å². The maximum atomic E-state index is 4.45. The van der Waals surface area contributed by atoms with Gasteiger partial charge in [-0.15, -0.1) is 0 Å². The van der Waals surface area contributed by atoms with E-state index < -0.39 is 0 Å². The van der Waals surface area contributed by atoms with Crippen molar-refractivity contribution in [2.24, 2.45) is 4.99 Å². The molecule has 0 amide bonds. The fourth-order valence-electron chi connectivity index (χ4n) is 2.84. The van der Waals surface area contributed by atoms with Gasteiger partial charge in [0.15, 0.2) is 5.96 Å². The van der Waals surface area contributed by atoms with Gasteiger partial charge in [-0.2, -0.15) is 11.8 Å². The van der Waals surface area contributed by atoms with Gasteiger partial charge in [0, 0.05) is 26.7 Å². The van der Waals surface area contributed by atoms with E-state index in [1.54, 1.807) is 5.57 Å². The minimum absolute atomic E-state index is 1.02. The van der Waals surface area contributed by atoms with Gasteiger partial charge in [-0.3, -0.25) is 4.99 Å². The van der Waals surface area contributed by atoms with Crippen LogP contribution in [-0.4, -0.2) is 49.6 Å². The zero-order valence-corrected chi connectivity index (χ0v) is 15.2. The minimum Gasteiger partial charge on any atom is -0.356 e. The van der Waals surface area contributed by atoms with E-state index in [0.717, 1.165) is 38.4 Å². The van der Waals surface area contributed by atoms with Crippen LogP contribution in [0.1, 0.15) is 31.2 Å². The summed E-state index contributed by atoms with van der Waals surface area (Å²) in [6, 6.07) is 10.6. The first kappa shape index (κ1) is 17.9. The van der Waals surface area contributed by atoms with Gasteiger partial charge >= 0.3 is 0 Å². The Kier molecular flexibility index (Phi) is 8.08. The Labute approximate surface area is 145 Å². The van der Waals surface area contributed by atoms with Crippen LogP contribution in [0.4, 0.5) is 0 Å². The summed E-state index contributed by atoms with van der Waals surface area (Å²) in [6.45, 7) is 3.14. The Morgan fingerprint density at radius 2 is 1.96 bits per heavy atom. The third-order valence-electron chi connectivity index (χ3n) is 4.15. The number of hydrogen-bond donors (Lipinski definition) is 1. The number of aliphatic imine (C=N–C) groups is 1. The van der Waals surface area contributed by atoms with Crippen molar-refractivity contribution in [2.45, 2.75) is 25.7 Å². The number of benzene rings is 1. The number of piperidine rings is 1. The summed E-state index contributed by atoms with van der Waals surface area (Å²) in [5.41, 5.74) is 2.86. The van der Waals surface area contributed by atoms with E-state index in [0.29, 0.717) is 0 Å². The molecule has 1 heterocycles. The largest absolute Gasteiger partial charge is 0.356 e. The van der Waals surface area contributed by atoms with Crippen LogP contribution < -0.4 is 5.32 Å². The lowest BCUT2D eigenvalue weighted by Gasteiger charge is -2.31. The Balaban J connectivity index is 1.77. The van der Waals surface area contributed by atoms with Gasteiger partial charge in [0.25, 0.3) is 0 Å². The lowest BCUT2D eigenvalue weighted by molar-refractivity contribution is 0.375. The fraction of sp³-hybridized carbons (Fsp3) is 0.526.